The van der Waals surface area contributed by atoms with Crippen molar-refractivity contribution in [1.82, 2.24) is 30.1 Å². The van der Waals surface area contributed by atoms with Gasteiger partial charge in [-0.25, -0.2) is 4.98 Å². The molecule has 4 aromatic rings. The second kappa shape index (κ2) is 7.62. The first-order chi connectivity index (χ1) is 15.0. The number of fused-ring (bicyclic) bond motifs is 1. The smallest absolute Gasteiger partial charge is 0.251 e. The number of amides is 1. The Kier molecular flexibility index (Phi) is 4.64. The van der Waals surface area contributed by atoms with Gasteiger partial charge in [0.25, 0.3) is 5.91 Å². The summed E-state index contributed by atoms with van der Waals surface area (Å²) in [4.78, 5) is 16.8. The molecule has 4 N–H and O–H groups in total. The van der Waals surface area contributed by atoms with E-state index in [1.807, 2.05) is 24.3 Å². The normalized spacial score (nSPS) is 14.9. The second-order valence-electron chi connectivity index (χ2n) is 7.00. The van der Waals surface area contributed by atoms with Crippen molar-refractivity contribution in [2.45, 2.75) is 6.42 Å². The van der Waals surface area contributed by atoms with Crippen LogP contribution < -0.4 is 16.0 Å². The maximum Gasteiger partial charge on any atom is 0.251 e. The van der Waals surface area contributed by atoms with Crippen molar-refractivity contribution in [2.75, 3.05) is 10.6 Å². The third kappa shape index (κ3) is 3.86. The van der Waals surface area contributed by atoms with Crippen molar-refractivity contribution >= 4 is 52.4 Å². The summed E-state index contributed by atoms with van der Waals surface area (Å²) in [5.41, 5.74) is 3.36. The SMILES string of the molecule is C=C1C/C(=C\c2cnn3c(Nc4ccn[nH]4)cc(Nc4cccc(Cl)c4)nc23)C(=O)N1. The fourth-order valence-electron chi connectivity index (χ4n) is 3.31. The Balaban J connectivity index is 1.60. The third-order valence-corrected chi connectivity index (χ3v) is 4.91. The molecule has 31 heavy (non-hydrogen) atoms. The van der Waals surface area contributed by atoms with Crippen molar-refractivity contribution in [3.05, 3.63) is 77.2 Å². The molecule has 0 saturated carbocycles. The number of aromatic amines is 1. The summed E-state index contributed by atoms with van der Waals surface area (Å²) in [6.45, 7) is 3.82. The maximum absolute atomic E-state index is 12.1. The van der Waals surface area contributed by atoms with E-state index in [-0.39, 0.29) is 5.91 Å². The lowest BCUT2D eigenvalue weighted by Gasteiger charge is -2.11. The van der Waals surface area contributed by atoms with Gasteiger partial charge >= 0.3 is 0 Å². The van der Waals surface area contributed by atoms with E-state index in [0.717, 1.165) is 5.69 Å². The molecule has 0 unspecified atom stereocenters. The van der Waals surface area contributed by atoms with Gasteiger partial charge in [0, 0.05) is 46.1 Å². The van der Waals surface area contributed by atoms with Crippen molar-refractivity contribution in [1.29, 1.82) is 0 Å². The number of rotatable bonds is 5. The van der Waals surface area contributed by atoms with Crippen molar-refractivity contribution in [3.63, 3.8) is 0 Å². The van der Waals surface area contributed by atoms with Gasteiger partial charge in [-0.05, 0) is 24.3 Å². The predicted molar refractivity (Wildman–Crippen MR) is 119 cm³/mol. The molecule has 10 heteroatoms. The van der Waals surface area contributed by atoms with Crippen LogP contribution in [0.2, 0.25) is 5.02 Å². The molecule has 4 heterocycles. The number of nitrogens with zero attached hydrogens (tertiary/aromatic N) is 4. The molecule has 1 amide bonds. The molecule has 154 valence electrons. The monoisotopic (exact) mass is 432 g/mol. The minimum atomic E-state index is -0.159. The fraction of sp³-hybridized carbons (Fsp3) is 0.0476. The van der Waals surface area contributed by atoms with E-state index in [1.54, 1.807) is 35.1 Å². The average Bonchev–Trinajstić information content (AvgIpc) is 3.44. The lowest BCUT2D eigenvalue weighted by atomic mass is 10.1. The highest BCUT2D eigenvalue weighted by Gasteiger charge is 2.21. The van der Waals surface area contributed by atoms with E-state index in [9.17, 15) is 4.79 Å². The number of anilines is 4. The lowest BCUT2D eigenvalue weighted by molar-refractivity contribution is -0.115. The number of hydrogen-bond acceptors (Lipinski definition) is 6. The van der Waals surface area contributed by atoms with E-state index in [1.165, 1.54) is 0 Å². The zero-order chi connectivity index (χ0) is 21.4. The Morgan fingerprint density at radius 2 is 2.13 bits per heavy atom. The van der Waals surface area contributed by atoms with Gasteiger partial charge in [-0.2, -0.15) is 14.7 Å². The summed E-state index contributed by atoms with van der Waals surface area (Å²) in [5.74, 6) is 1.78. The maximum atomic E-state index is 12.1. The van der Waals surface area contributed by atoms with Gasteiger partial charge in [0.1, 0.15) is 17.5 Å². The van der Waals surface area contributed by atoms with Crippen LogP contribution in [-0.4, -0.2) is 30.7 Å². The van der Waals surface area contributed by atoms with E-state index in [4.69, 9.17) is 16.6 Å². The number of carbonyl (C=O) groups excluding carboxylic acids is 1. The predicted octanol–water partition coefficient (Wildman–Crippen LogP) is 4.01. The molecule has 0 spiro atoms. The lowest BCUT2D eigenvalue weighted by Crippen LogP contribution is -2.12. The van der Waals surface area contributed by atoms with E-state index in [0.29, 0.717) is 51.4 Å². The number of aromatic nitrogens is 5. The van der Waals surface area contributed by atoms with Crippen LogP contribution in [0.4, 0.5) is 23.1 Å². The Hall–Kier alpha value is -4.11. The average molecular weight is 433 g/mol. The minimum absolute atomic E-state index is 0.159. The van der Waals surface area contributed by atoms with Gasteiger partial charge in [-0.15, -0.1) is 0 Å². The highest BCUT2D eigenvalue weighted by atomic mass is 35.5. The zero-order valence-electron chi connectivity index (χ0n) is 16.2. The van der Waals surface area contributed by atoms with Crippen LogP contribution in [0.5, 0.6) is 0 Å². The number of H-pyrrole nitrogens is 1. The van der Waals surface area contributed by atoms with Crippen LogP contribution >= 0.6 is 11.6 Å². The van der Waals surface area contributed by atoms with Crippen molar-refractivity contribution in [3.8, 4) is 0 Å². The van der Waals surface area contributed by atoms with E-state index >= 15 is 0 Å². The first-order valence-corrected chi connectivity index (χ1v) is 9.80. The van der Waals surface area contributed by atoms with Gasteiger partial charge in [-0.1, -0.05) is 24.2 Å². The van der Waals surface area contributed by atoms with E-state index in [2.05, 4.69) is 37.8 Å². The second-order valence-corrected chi connectivity index (χ2v) is 7.43. The third-order valence-electron chi connectivity index (χ3n) is 4.68. The molecule has 5 rings (SSSR count). The molecule has 0 radical (unpaired) electrons. The summed E-state index contributed by atoms with van der Waals surface area (Å²) in [7, 11) is 0. The van der Waals surface area contributed by atoms with Gasteiger partial charge in [0.05, 0.1) is 12.4 Å². The quantitative estimate of drug-likeness (QED) is 0.354. The number of benzene rings is 1. The number of halogens is 1. The standard InChI is InChI=1S/C21H17ClN8O/c1-12-7-13(21(31)25-12)8-14-11-24-30-19(27-17-5-6-23-29-17)10-18(28-20(14)30)26-16-4-2-3-15(22)9-16/h2-6,8-11H,1,7H2,(H,25,31)(H,26,28)(H2,23,27,29)/b13-8+. The summed E-state index contributed by atoms with van der Waals surface area (Å²) in [6, 6.07) is 11.0. The van der Waals surface area contributed by atoms with Gasteiger partial charge in [-0.3, -0.25) is 9.89 Å². The highest BCUT2D eigenvalue weighted by molar-refractivity contribution is 6.30. The van der Waals surface area contributed by atoms with Crippen LogP contribution in [0.15, 0.2) is 66.6 Å². The summed E-state index contributed by atoms with van der Waals surface area (Å²) >= 11 is 6.11. The first-order valence-electron chi connectivity index (χ1n) is 9.42. The van der Waals surface area contributed by atoms with Crippen LogP contribution in [0.1, 0.15) is 12.0 Å². The van der Waals surface area contributed by atoms with Crippen LogP contribution in [0, 0.1) is 0 Å². The molecule has 1 aromatic carbocycles. The molecular formula is C21H17ClN8O. The largest absolute Gasteiger partial charge is 0.340 e. The van der Waals surface area contributed by atoms with E-state index < -0.39 is 0 Å². The number of hydrogen-bond donors (Lipinski definition) is 4. The number of carbonyl (C=O) groups is 1. The summed E-state index contributed by atoms with van der Waals surface area (Å²) in [6.07, 6.45) is 5.57. The molecule has 1 saturated heterocycles. The van der Waals surface area contributed by atoms with Crippen molar-refractivity contribution < 1.29 is 4.79 Å². The highest BCUT2D eigenvalue weighted by Crippen LogP contribution is 2.27. The van der Waals surface area contributed by atoms with Gasteiger partial charge in [0.15, 0.2) is 5.65 Å². The Morgan fingerprint density at radius 1 is 1.23 bits per heavy atom. The Labute approximate surface area is 181 Å². The minimum Gasteiger partial charge on any atom is -0.340 e. The molecule has 1 aliphatic heterocycles. The molecule has 0 atom stereocenters. The van der Waals surface area contributed by atoms with Gasteiger partial charge < -0.3 is 16.0 Å². The first kappa shape index (κ1) is 18.9. The molecule has 0 aliphatic carbocycles. The van der Waals surface area contributed by atoms with Gasteiger partial charge in [0.2, 0.25) is 0 Å². The molecular weight excluding hydrogens is 416 g/mol. The Bertz CT molecular complexity index is 1340. The van der Waals surface area contributed by atoms with Crippen LogP contribution in [-0.2, 0) is 4.79 Å². The summed E-state index contributed by atoms with van der Waals surface area (Å²) in [5, 5.41) is 21.1. The van der Waals surface area contributed by atoms with Crippen molar-refractivity contribution in [2.24, 2.45) is 0 Å². The molecule has 1 aliphatic rings. The van der Waals surface area contributed by atoms with Crippen LogP contribution in [0.25, 0.3) is 11.7 Å². The Morgan fingerprint density at radius 3 is 2.87 bits per heavy atom. The number of allylic oxidation sites excluding steroid dienone is 1. The number of nitrogens with one attached hydrogen (secondary N) is 4. The molecule has 3 aromatic heterocycles. The molecule has 9 nitrogen and oxygen atoms in total. The fourth-order valence-corrected chi connectivity index (χ4v) is 3.50. The topological polar surface area (TPSA) is 112 Å². The molecule has 0 bridgehead atoms. The summed E-state index contributed by atoms with van der Waals surface area (Å²) < 4.78 is 1.66. The van der Waals surface area contributed by atoms with Crippen LogP contribution in [0.3, 0.4) is 0 Å². The molecule has 1 fully saturated rings. The zero-order valence-corrected chi connectivity index (χ0v) is 16.9.